The van der Waals surface area contributed by atoms with E-state index < -0.39 is 0 Å². The second-order valence-electron chi connectivity index (χ2n) is 7.18. The molecule has 1 N–H and O–H groups in total. The van der Waals surface area contributed by atoms with Crippen LogP contribution >= 0.6 is 0 Å². The molecule has 0 saturated carbocycles. The minimum absolute atomic E-state index is 0.0581. The van der Waals surface area contributed by atoms with Crippen LogP contribution in [0.3, 0.4) is 0 Å². The average Bonchev–Trinajstić information content (AvgIpc) is 3.18. The Labute approximate surface area is 140 Å². The van der Waals surface area contributed by atoms with Gasteiger partial charge in [-0.15, -0.1) is 0 Å². The van der Waals surface area contributed by atoms with Gasteiger partial charge in [-0.2, -0.15) is 5.10 Å². The molecule has 2 aromatic heterocycles. The molecule has 0 amide bonds. The Hall–Kier alpha value is -1.69. The lowest BCUT2D eigenvalue weighted by molar-refractivity contribution is 0.308. The van der Waals surface area contributed by atoms with Crippen LogP contribution < -0.4 is 5.56 Å². The molecular weight excluding hydrogens is 307 g/mol. The van der Waals surface area contributed by atoms with E-state index in [1.807, 2.05) is 11.7 Å². The van der Waals surface area contributed by atoms with Gasteiger partial charge in [0.2, 0.25) is 0 Å². The monoisotopic (exact) mass is 332 g/mol. The van der Waals surface area contributed by atoms with Crippen LogP contribution in [0.1, 0.15) is 48.4 Å². The lowest BCUT2D eigenvalue weighted by Crippen LogP contribution is -2.22. The van der Waals surface area contributed by atoms with Gasteiger partial charge in [-0.25, -0.2) is 0 Å². The Morgan fingerprint density at radius 1 is 1.29 bits per heavy atom. The zero-order chi connectivity index (χ0) is 16.7. The van der Waals surface area contributed by atoms with Crippen molar-refractivity contribution in [1.82, 2.24) is 19.7 Å². The molecular formula is C18H25FN4O. The van der Waals surface area contributed by atoms with Crippen LogP contribution in [-0.2, 0) is 19.9 Å². The molecule has 1 saturated heterocycles. The van der Waals surface area contributed by atoms with Crippen molar-refractivity contribution >= 4 is 11.0 Å². The number of hydrogen-bond donors (Lipinski definition) is 1. The summed E-state index contributed by atoms with van der Waals surface area (Å²) in [4.78, 5) is 17.8. The van der Waals surface area contributed by atoms with E-state index in [4.69, 9.17) is 5.10 Å². The van der Waals surface area contributed by atoms with Crippen molar-refractivity contribution in [2.24, 2.45) is 7.05 Å². The van der Waals surface area contributed by atoms with Gasteiger partial charge in [0.15, 0.2) is 0 Å². The largest absolute Gasteiger partial charge is 0.307 e. The smallest absolute Gasteiger partial charge is 0.253 e. The van der Waals surface area contributed by atoms with Gasteiger partial charge in [-0.1, -0.05) is 0 Å². The fourth-order valence-corrected chi connectivity index (χ4v) is 4.43. The van der Waals surface area contributed by atoms with Gasteiger partial charge in [0, 0.05) is 37.0 Å². The zero-order valence-corrected chi connectivity index (χ0v) is 14.3. The highest BCUT2D eigenvalue weighted by Gasteiger charge is 2.30. The number of halogens is 1. The van der Waals surface area contributed by atoms with E-state index in [1.54, 1.807) is 0 Å². The molecule has 0 spiro atoms. The Morgan fingerprint density at radius 2 is 2.08 bits per heavy atom. The van der Waals surface area contributed by atoms with E-state index in [1.165, 1.54) is 10.9 Å². The molecule has 130 valence electrons. The van der Waals surface area contributed by atoms with E-state index in [0.29, 0.717) is 12.3 Å². The highest BCUT2D eigenvalue weighted by atomic mass is 19.1. The number of rotatable bonds is 4. The topological polar surface area (TPSA) is 53.9 Å². The van der Waals surface area contributed by atoms with E-state index in [2.05, 4.69) is 9.88 Å². The first-order chi connectivity index (χ1) is 11.7. The standard InChI is InChI=1S/C18H25FN4O/c1-22-17-15(13-5-2-3-6-14(13)18(24)20-17)16(21-22)12-7-10-23(11-12)9-4-8-19/h12H,2-11H2,1H3,(H,20,24)/t12-/m0/s1. The molecule has 0 unspecified atom stereocenters. The number of nitrogens with zero attached hydrogens (tertiary/aromatic N) is 3. The summed E-state index contributed by atoms with van der Waals surface area (Å²) in [6, 6.07) is 0. The van der Waals surface area contributed by atoms with Crippen molar-refractivity contribution in [3.05, 3.63) is 27.2 Å². The zero-order valence-electron chi connectivity index (χ0n) is 14.3. The molecule has 24 heavy (non-hydrogen) atoms. The highest BCUT2D eigenvalue weighted by molar-refractivity contribution is 5.84. The molecule has 2 aliphatic rings. The molecule has 0 radical (unpaired) electrons. The summed E-state index contributed by atoms with van der Waals surface area (Å²) in [6.45, 7) is 2.53. The van der Waals surface area contributed by atoms with Crippen molar-refractivity contribution in [3.63, 3.8) is 0 Å². The van der Waals surface area contributed by atoms with Crippen molar-refractivity contribution in [1.29, 1.82) is 0 Å². The number of fused-ring (bicyclic) bond motifs is 3. The Kier molecular flexibility index (Phi) is 4.16. The molecule has 6 heteroatoms. The van der Waals surface area contributed by atoms with Crippen LogP contribution in [-0.4, -0.2) is 46.0 Å². The molecule has 1 fully saturated rings. The fourth-order valence-electron chi connectivity index (χ4n) is 4.43. The minimum Gasteiger partial charge on any atom is -0.307 e. The molecule has 2 aromatic rings. The summed E-state index contributed by atoms with van der Waals surface area (Å²) in [6.07, 6.45) is 5.77. The van der Waals surface area contributed by atoms with Gasteiger partial charge in [-0.3, -0.25) is 13.9 Å². The lowest BCUT2D eigenvalue weighted by Gasteiger charge is -2.17. The molecule has 1 aliphatic carbocycles. The van der Waals surface area contributed by atoms with Crippen LogP contribution in [0.2, 0.25) is 0 Å². The number of hydrogen-bond acceptors (Lipinski definition) is 3. The van der Waals surface area contributed by atoms with E-state index in [9.17, 15) is 9.18 Å². The SMILES string of the molecule is Cn1nc([C@H]2CCN(CCCF)C2)c2c3c(c(=O)[nH]c21)CCCC3. The Balaban J connectivity index is 1.75. The third-order valence-corrected chi connectivity index (χ3v) is 5.62. The van der Waals surface area contributed by atoms with Crippen LogP contribution in [0.25, 0.3) is 11.0 Å². The fraction of sp³-hybridized carbons (Fsp3) is 0.667. The Morgan fingerprint density at radius 3 is 2.88 bits per heavy atom. The van der Waals surface area contributed by atoms with E-state index >= 15 is 0 Å². The van der Waals surface area contributed by atoms with Crippen molar-refractivity contribution in [2.45, 2.75) is 44.4 Å². The molecule has 5 nitrogen and oxygen atoms in total. The van der Waals surface area contributed by atoms with Crippen LogP contribution in [0.4, 0.5) is 4.39 Å². The number of H-pyrrole nitrogens is 1. The van der Waals surface area contributed by atoms with E-state index in [0.717, 1.165) is 68.6 Å². The predicted octanol–water partition coefficient (Wildman–Crippen LogP) is 2.29. The van der Waals surface area contributed by atoms with Crippen LogP contribution in [0.5, 0.6) is 0 Å². The van der Waals surface area contributed by atoms with Crippen molar-refractivity contribution in [3.8, 4) is 0 Å². The number of nitrogens with one attached hydrogen (secondary N) is 1. The first kappa shape index (κ1) is 15.8. The summed E-state index contributed by atoms with van der Waals surface area (Å²) in [7, 11) is 1.91. The first-order valence-electron chi connectivity index (χ1n) is 9.08. The molecule has 4 rings (SSSR count). The first-order valence-corrected chi connectivity index (χ1v) is 9.08. The number of aromatic amines is 1. The lowest BCUT2D eigenvalue weighted by atomic mass is 9.88. The van der Waals surface area contributed by atoms with Gasteiger partial charge in [0.25, 0.3) is 5.56 Å². The number of aryl methyl sites for hydroxylation is 2. The molecule has 3 heterocycles. The predicted molar refractivity (Wildman–Crippen MR) is 92.4 cm³/mol. The maximum atomic E-state index is 12.4. The van der Waals surface area contributed by atoms with Gasteiger partial charge >= 0.3 is 0 Å². The molecule has 1 aliphatic heterocycles. The van der Waals surface area contributed by atoms with E-state index in [-0.39, 0.29) is 12.2 Å². The highest BCUT2D eigenvalue weighted by Crippen LogP contribution is 2.35. The molecule has 0 bridgehead atoms. The van der Waals surface area contributed by atoms with Gasteiger partial charge in [0.1, 0.15) is 5.65 Å². The number of pyridine rings is 1. The minimum atomic E-state index is -0.248. The summed E-state index contributed by atoms with van der Waals surface area (Å²) in [5.74, 6) is 0.380. The third kappa shape index (κ3) is 2.57. The summed E-state index contributed by atoms with van der Waals surface area (Å²) >= 11 is 0. The Bertz CT molecular complexity index is 809. The summed E-state index contributed by atoms with van der Waals surface area (Å²) in [5, 5.41) is 5.97. The number of aromatic nitrogens is 3. The molecule has 0 aromatic carbocycles. The molecule has 1 atom stereocenters. The van der Waals surface area contributed by atoms with Crippen LogP contribution in [0.15, 0.2) is 4.79 Å². The van der Waals surface area contributed by atoms with Crippen molar-refractivity contribution < 1.29 is 4.39 Å². The van der Waals surface area contributed by atoms with Gasteiger partial charge in [0.05, 0.1) is 12.4 Å². The summed E-state index contributed by atoms with van der Waals surface area (Å²) < 4.78 is 14.3. The number of likely N-dealkylation sites (tertiary alicyclic amines) is 1. The van der Waals surface area contributed by atoms with Gasteiger partial charge in [-0.05, 0) is 50.6 Å². The quantitative estimate of drug-likeness (QED) is 0.935. The van der Waals surface area contributed by atoms with Gasteiger partial charge < -0.3 is 9.88 Å². The average molecular weight is 332 g/mol. The number of alkyl halides is 1. The van der Waals surface area contributed by atoms with Crippen molar-refractivity contribution in [2.75, 3.05) is 26.3 Å². The van der Waals surface area contributed by atoms with Crippen LogP contribution in [0, 0.1) is 0 Å². The second-order valence-corrected chi connectivity index (χ2v) is 7.18. The third-order valence-electron chi connectivity index (χ3n) is 5.62. The second kappa shape index (κ2) is 6.31. The normalized spacial score (nSPS) is 21.5. The summed E-state index contributed by atoms with van der Waals surface area (Å²) in [5.41, 5.74) is 4.24. The maximum Gasteiger partial charge on any atom is 0.253 e. The maximum absolute atomic E-state index is 12.4.